The van der Waals surface area contributed by atoms with Gasteiger partial charge in [-0.25, -0.2) is 4.79 Å². The van der Waals surface area contributed by atoms with E-state index >= 15 is 0 Å². The third kappa shape index (κ3) is 4.86. The van der Waals surface area contributed by atoms with E-state index in [2.05, 4.69) is 50.6 Å². The molecule has 0 unspecified atom stereocenters. The Kier molecular flexibility index (Phi) is 6.72. The smallest absolute Gasteiger partial charge is 0.337 e. The fourth-order valence-electron chi connectivity index (χ4n) is 3.61. The highest BCUT2D eigenvalue weighted by Gasteiger charge is 2.22. The Balaban J connectivity index is 1.83. The molecule has 3 rings (SSSR count). The molecule has 4 nitrogen and oxygen atoms in total. The molecule has 1 heterocycles. The second-order valence-corrected chi connectivity index (χ2v) is 8.01. The van der Waals surface area contributed by atoms with Crippen molar-refractivity contribution in [2.45, 2.75) is 33.5 Å². The predicted molar refractivity (Wildman–Crippen MR) is 121 cm³/mol. The van der Waals surface area contributed by atoms with Crippen LogP contribution in [-0.4, -0.2) is 15.6 Å². The lowest BCUT2D eigenvalue weighted by Crippen LogP contribution is -2.15. The van der Waals surface area contributed by atoms with Crippen molar-refractivity contribution in [1.29, 1.82) is 0 Å². The summed E-state index contributed by atoms with van der Waals surface area (Å²) in [5.74, 6) is -0.884. The van der Waals surface area contributed by atoms with Crippen molar-refractivity contribution in [1.82, 2.24) is 9.88 Å². The van der Waals surface area contributed by atoms with E-state index in [-0.39, 0.29) is 0 Å². The van der Waals surface area contributed by atoms with E-state index in [1.807, 2.05) is 50.3 Å². The molecule has 1 aromatic heterocycles. The highest BCUT2D eigenvalue weighted by Crippen LogP contribution is 2.24. The van der Waals surface area contributed by atoms with Gasteiger partial charge in [0.25, 0.3) is 0 Å². The molecule has 5 heteroatoms. The second-order valence-electron chi connectivity index (χ2n) is 7.09. The average Bonchev–Trinajstić information content (AvgIpc) is 2.93. The maximum Gasteiger partial charge on any atom is 0.337 e. The number of carboxylic acids is 1. The summed E-state index contributed by atoms with van der Waals surface area (Å²) >= 11 is 3.48. The van der Waals surface area contributed by atoms with Gasteiger partial charge >= 0.3 is 5.97 Å². The number of carboxylic acid groups (broad SMARTS) is 1. The van der Waals surface area contributed by atoms with Gasteiger partial charge in [0, 0.05) is 41.1 Å². The van der Waals surface area contributed by atoms with Crippen molar-refractivity contribution in [2.75, 3.05) is 0 Å². The first-order chi connectivity index (χ1) is 13.9. The fraction of sp³-hybridized carbons (Fsp3) is 0.208. The highest BCUT2D eigenvalue weighted by atomic mass is 79.9. The Morgan fingerprint density at radius 1 is 1.10 bits per heavy atom. The monoisotopic (exact) mass is 452 g/mol. The maximum atomic E-state index is 12.0. The average molecular weight is 453 g/mol. The van der Waals surface area contributed by atoms with Crippen LogP contribution in [0.5, 0.6) is 0 Å². The van der Waals surface area contributed by atoms with Gasteiger partial charge in [-0.05, 0) is 42.7 Å². The molecule has 3 aromatic rings. The number of rotatable bonds is 8. The molecule has 0 aliphatic heterocycles. The van der Waals surface area contributed by atoms with Crippen LogP contribution in [0.25, 0.3) is 6.08 Å². The number of halogens is 1. The van der Waals surface area contributed by atoms with Crippen LogP contribution < -0.4 is 5.32 Å². The maximum absolute atomic E-state index is 12.0. The summed E-state index contributed by atoms with van der Waals surface area (Å²) < 4.78 is 3.12. The number of hydrogen-bond donors (Lipinski definition) is 2. The first kappa shape index (κ1) is 21.1. The van der Waals surface area contributed by atoms with Crippen LogP contribution in [0.1, 0.15) is 44.0 Å². The number of nitrogens with zero attached hydrogens (tertiary/aromatic N) is 1. The molecule has 29 heavy (non-hydrogen) atoms. The van der Waals surface area contributed by atoms with Gasteiger partial charge in [-0.15, -0.1) is 0 Å². The highest BCUT2D eigenvalue weighted by molar-refractivity contribution is 9.10. The van der Waals surface area contributed by atoms with Gasteiger partial charge < -0.3 is 15.0 Å². The van der Waals surface area contributed by atoms with Crippen molar-refractivity contribution in [3.8, 4) is 0 Å². The van der Waals surface area contributed by atoms with E-state index in [0.29, 0.717) is 25.2 Å². The summed E-state index contributed by atoms with van der Waals surface area (Å²) in [5, 5.41) is 13.2. The summed E-state index contributed by atoms with van der Waals surface area (Å²) in [6.45, 7) is 9.47. The zero-order chi connectivity index (χ0) is 21.0. The molecule has 0 amide bonds. The van der Waals surface area contributed by atoms with E-state index < -0.39 is 5.97 Å². The van der Waals surface area contributed by atoms with Crippen molar-refractivity contribution in [3.05, 3.63) is 98.8 Å². The summed E-state index contributed by atoms with van der Waals surface area (Å²) in [6, 6.07) is 16.2. The minimum Gasteiger partial charge on any atom is -0.478 e. The first-order valence-electron chi connectivity index (χ1n) is 9.49. The van der Waals surface area contributed by atoms with Gasteiger partial charge in [-0.2, -0.15) is 0 Å². The van der Waals surface area contributed by atoms with Crippen LogP contribution in [0.2, 0.25) is 0 Å². The van der Waals surface area contributed by atoms with E-state index in [0.717, 1.165) is 38.1 Å². The first-order valence-corrected chi connectivity index (χ1v) is 10.3. The largest absolute Gasteiger partial charge is 0.478 e. The Bertz CT molecular complexity index is 1040. The minimum absolute atomic E-state index is 0.395. The van der Waals surface area contributed by atoms with Crippen molar-refractivity contribution < 1.29 is 9.90 Å². The molecule has 0 bridgehead atoms. The third-order valence-corrected chi connectivity index (χ3v) is 5.69. The molecule has 2 aromatic carbocycles. The Morgan fingerprint density at radius 2 is 1.83 bits per heavy atom. The minimum atomic E-state index is -0.884. The standard InChI is InChI=1S/C24H25BrN2O2/c1-4-18-8-10-19(11-9-18)15-27-16(2)22(23(17(27)3)24(28)29)14-26-13-20-6-5-7-21(25)12-20/h4-12,26H,1,13-15H2,2-3H3,(H,28,29). The van der Waals surface area contributed by atoms with Gasteiger partial charge in [-0.3, -0.25) is 0 Å². The molecule has 0 saturated heterocycles. The van der Waals surface area contributed by atoms with Crippen molar-refractivity contribution in [3.63, 3.8) is 0 Å². The summed E-state index contributed by atoms with van der Waals surface area (Å²) in [6.07, 6.45) is 1.81. The van der Waals surface area contributed by atoms with Gasteiger partial charge in [0.05, 0.1) is 5.56 Å². The number of hydrogen-bond acceptors (Lipinski definition) is 2. The Morgan fingerprint density at radius 3 is 2.45 bits per heavy atom. The van der Waals surface area contributed by atoms with Gasteiger partial charge in [0.1, 0.15) is 0 Å². The molecular weight excluding hydrogens is 428 g/mol. The summed E-state index contributed by atoms with van der Waals surface area (Å²) in [7, 11) is 0. The molecule has 0 spiro atoms. The van der Waals surface area contributed by atoms with E-state index in [9.17, 15) is 9.90 Å². The van der Waals surface area contributed by atoms with E-state index in [4.69, 9.17) is 0 Å². The summed E-state index contributed by atoms with van der Waals surface area (Å²) in [5.41, 5.74) is 6.34. The van der Waals surface area contributed by atoms with Crippen LogP contribution in [0.3, 0.4) is 0 Å². The van der Waals surface area contributed by atoms with Crippen molar-refractivity contribution in [2.24, 2.45) is 0 Å². The molecular formula is C24H25BrN2O2. The molecule has 150 valence electrons. The van der Waals surface area contributed by atoms with Crippen LogP contribution in [0, 0.1) is 13.8 Å². The van der Waals surface area contributed by atoms with Gasteiger partial charge in [0.2, 0.25) is 0 Å². The molecule has 0 aliphatic rings. The number of carbonyl (C=O) groups is 1. The molecule has 0 saturated carbocycles. The van der Waals surface area contributed by atoms with Crippen LogP contribution >= 0.6 is 15.9 Å². The lowest BCUT2D eigenvalue weighted by atomic mass is 10.1. The summed E-state index contributed by atoms with van der Waals surface area (Å²) in [4.78, 5) is 12.0. The normalized spacial score (nSPS) is 10.9. The molecule has 0 atom stereocenters. The van der Waals surface area contributed by atoms with Crippen LogP contribution in [-0.2, 0) is 19.6 Å². The van der Waals surface area contributed by atoms with Crippen LogP contribution in [0.15, 0.2) is 59.6 Å². The lowest BCUT2D eigenvalue weighted by molar-refractivity contribution is 0.0694. The lowest BCUT2D eigenvalue weighted by Gasteiger charge is -2.11. The van der Waals surface area contributed by atoms with Gasteiger partial charge in [0.15, 0.2) is 0 Å². The van der Waals surface area contributed by atoms with E-state index in [1.54, 1.807) is 0 Å². The Labute approximate surface area is 180 Å². The Hall–Kier alpha value is -2.63. The number of nitrogens with one attached hydrogen (secondary N) is 1. The van der Waals surface area contributed by atoms with E-state index in [1.165, 1.54) is 0 Å². The fourth-order valence-corrected chi connectivity index (χ4v) is 4.05. The van der Waals surface area contributed by atoms with Gasteiger partial charge in [-0.1, -0.05) is 65.0 Å². The zero-order valence-corrected chi connectivity index (χ0v) is 18.3. The quantitative estimate of drug-likeness (QED) is 0.471. The molecule has 2 N–H and O–H groups in total. The number of aromatic nitrogens is 1. The predicted octanol–water partition coefficient (Wildman–Crippen LogP) is 5.55. The number of benzene rings is 2. The van der Waals surface area contributed by atoms with Crippen LogP contribution in [0.4, 0.5) is 0 Å². The molecule has 0 aliphatic carbocycles. The molecule has 0 radical (unpaired) electrons. The second kappa shape index (κ2) is 9.25. The van der Waals surface area contributed by atoms with Crippen molar-refractivity contribution >= 4 is 28.0 Å². The topological polar surface area (TPSA) is 54.3 Å². The molecule has 0 fully saturated rings. The number of aromatic carboxylic acids is 1. The zero-order valence-electron chi connectivity index (χ0n) is 16.7. The third-order valence-electron chi connectivity index (χ3n) is 5.20. The SMILES string of the molecule is C=Cc1ccc(Cn2c(C)c(CNCc3cccc(Br)c3)c(C(=O)O)c2C)cc1.